The first-order chi connectivity index (χ1) is 6.07. The molecule has 0 rings (SSSR count). The van der Waals surface area contributed by atoms with E-state index in [0.29, 0.717) is 19.6 Å². The number of nitrogens with zero attached hydrogens (tertiary/aromatic N) is 2. The van der Waals surface area contributed by atoms with E-state index in [1.807, 2.05) is 27.2 Å². The largest absolute Gasteiger partial charge is 0.452 e. The van der Waals surface area contributed by atoms with Crippen LogP contribution in [-0.4, -0.2) is 48.5 Å². The second kappa shape index (κ2) is 4.97. The van der Waals surface area contributed by atoms with E-state index in [-0.39, 0.29) is 10.5 Å². The maximum Gasteiger partial charge on any atom is 0.452 e. The van der Waals surface area contributed by atoms with Gasteiger partial charge in [0.05, 0.1) is 13.1 Å². The molecule has 4 nitrogen and oxygen atoms in total. The van der Waals surface area contributed by atoms with Crippen LogP contribution in [0.3, 0.4) is 0 Å². The summed E-state index contributed by atoms with van der Waals surface area (Å²) in [7, 11) is 1.69. The number of amides is 3. The Kier molecular flexibility index (Phi) is 4.62. The van der Waals surface area contributed by atoms with Crippen molar-refractivity contribution in [3.63, 3.8) is 0 Å². The van der Waals surface area contributed by atoms with Gasteiger partial charge in [0.25, 0.3) is 0 Å². The summed E-state index contributed by atoms with van der Waals surface area (Å²) in [5.41, 5.74) is 0. The van der Waals surface area contributed by atoms with Crippen molar-refractivity contribution in [2.45, 2.75) is 20.8 Å². The predicted octanol–water partition coefficient (Wildman–Crippen LogP) is 0.982. The molecule has 1 radical (unpaired) electrons. The zero-order chi connectivity index (χ0) is 10.5. The summed E-state index contributed by atoms with van der Waals surface area (Å²) in [4.78, 5) is 24.0. The van der Waals surface area contributed by atoms with E-state index >= 15 is 0 Å². The molecule has 13 heavy (non-hydrogen) atoms. The standard InChI is InChI=1S/C9H18N2O2/c1-5-10(4)9(13)11(6-2,7-3)8-12/h5-7H2,1-4H3/q+1. The Balaban J connectivity index is 4.73. The number of quaternary nitrogens is 1. The van der Waals surface area contributed by atoms with Crippen molar-refractivity contribution in [2.75, 3.05) is 26.7 Å². The summed E-state index contributed by atoms with van der Waals surface area (Å²) in [6, 6.07) is -0.178. The van der Waals surface area contributed by atoms with E-state index in [9.17, 15) is 9.59 Å². The van der Waals surface area contributed by atoms with Gasteiger partial charge in [-0.05, 0) is 20.8 Å². The Morgan fingerprint density at radius 2 is 1.77 bits per heavy atom. The van der Waals surface area contributed by atoms with Crippen molar-refractivity contribution in [3.05, 3.63) is 0 Å². The Morgan fingerprint density at radius 3 is 2.00 bits per heavy atom. The van der Waals surface area contributed by atoms with E-state index in [0.717, 1.165) is 0 Å². The number of urea groups is 1. The molecular weight excluding hydrogens is 168 g/mol. The molecule has 0 aliphatic rings. The summed E-state index contributed by atoms with van der Waals surface area (Å²) in [6.07, 6.45) is 1.83. The first-order valence-corrected chi connectivity index (χ1v) is 4.60. The topological polar surface area (TPSA) is 37.4 Å². The van der Waals surface area contributed by atoms with Crippen LogP contribution in [0.15, 0.2) is 0 Å². The smallest absolute Gasteiger partial charge is 0.295 e. The predicted molar refractivity (Wildman–Crippen MR) is 50.7 cm³/mol. The van der Waals surface area contributed by atoms with Gasteiger partial charge in [-0.2, -0.15) is 4.48 Å². The van der Waals surface area contributed by atoms with E-state index in [1.165, 1.54) is 4.90 Å². The minimum atomic E-state index is -0.232. The van der Waals surface area contributed by atoms with Crippen molar-refractivity contribution in [1.29, 1.82) is 0 Å². The summed E-state index contributed by atoms with van der Waals surface area (Å²) in [5.74, 6) is 0. The molecule has 0 fully saturated rings. The molecule has 0 atom stereocenters. The second-order valence-electron chi connectivity index (χ2n) is 2.99. The number of carbonyl (C=O) groups is 1. The number of rotatable bonds is 4. The summed E-state index contributed by atoms with van der Waals surface area (Å²) in [6.45, 7) is 7.04. The lowest BCUT2D eigenvalue weighted by Gasteiger charge is -2.28. The van der Waals surface area contributed by atoms with Gasteiger partial charge >= 0.3 is 12.4 Å². The Bertz CT molecular complexity index is 188. The number of carbonyl (C=O) groups excluding carboxylic acids is 2. The average Bonchev–Trinajstić information content (AvgIpc) is 2.20. The summed E-state index contributed by atoms with van der Waals surface area (Å²) in [5, 5.41) is 0. The highest BCUT2D eigenvalue weighted by Gasteiger charge is 2.37. The van der Waals surface area contributed by atoms with E-state index in [4.69, 9.17) is 0 Å². The van der Waals surface area contributed by atoms with Gasteiger partial charge in [0.2, 0.25) is 0 Å². The van der Waals surface area contributed by atoms with Gasteiger partial charge < -0.3 is 0 Å². The molecule has 0 aromatic heterocycles. The van der Waals surface area contributed by atoms with Crippen LogP contribution < -0.4 is 0 Å². The lowest BCUT2D eigenvalue weighted by atomic mass is 10.4. The molecule has 3 amide bonds. The van der Waals surface area contributed by atoms with Crippen LogP contribution in [0.5, 0.6) is 0 Å². The van der Waals surface area contributed by atoms with Gasteiger partial charge in [-0.3, -0.25) is 4.90 Å². The fourth-order valence-corrected chi connectivity index (χ4v) is 1.12. The van der Waals surface area contributed by atoms with Gasteiger partial charge in [0.1, 0.15) is 0 Å². The van der Waals surface area contributed by atoms with Gasteiger partial charge in [-0.25, -0.2) is 9.59 Å². The molecule has 0 aliphatic heterocycles. The van der Waals surface area contributed by atoms with Crippen LogP contribution in [0.2, 0.25) is 0 Å². The lowest BCUT2D eigenvalue weighted by Crippen LogP contribution is -2.56. The fraction of sp³-hybridized carbons (Fsp3) is 0.778. The van der Waals surface area contributed by atoms with Crippen molar-refractivity contribution in [1.82, 2.24) is 4.90 Å². The minimum absolute atomic E-state index is 0.178. The number of hydrogen-bond donors (Lipinski definition) is 0. The van der Waals surface area contributed by atoms with Crippen LogP contribution in [0.25, 0.3) is 0 Å². The maximum absolute atomic E-state index is 11.7. The monoisotopic (exact) mass is 186 g/mol. The van der Waals surface area contributed by atoms with Crippen molar-refractivity contribution in [3.8, 4) is 0 Å². The summed E-state index contributed by atoms with van der Waals surface area (Å²) >= 11 is 0. The molecule has 0 aliphatic carbocycles. The molecule has 0 saturated heterocycles. The fourth-order valence-electron chi connectivity index (χ4n) is 1.12. The molecule has 0 saturated carbocycles. The molecule has 0 unspecified atom stereocenters. The van der Waals surface area contributed by atoms with E-state index in [1.54, 1.807) is 7.05 Å². The van der Waals surface area contributed by atoms with Crippen molar-refractivity contribution < 1.29 is 14.1 Å². The number of hydrogen-bond acceptors (Lipinski definition) is 2. The van der Waals surface area contributed by atoms with Crippen molar-refractivity contribution in [2.24, 2.45) is 0 Å². The number of imide groups is 1. The van der Waals surface area contributed by atoms with Crippen LogP contribution >= 0.6 is 0 Å². The highest BCUT2D eigenvalue weighted by Crippen LogP contribution is 2.07. The second-order valence-corrected chi connectivity index (χ2v) is 2.99. The van der Waals surface area contributed by atoms with E-state index in [2.05, 4.69) is 0 Å². The molecule has 0 heterocycles. The Hall–Kier alpha value is -0.900. The zero-order valence-corrected chi connectivity index (χ0v) is 8.83. The van der Waals surface area contributed by atoms with Crippen molar-refractivity contribution >= 4 is 12.4 Å². The molecule has 75 valence electrons. The molecule has 0 aromatic carbocycles. The van der Waals surface area contributed by atoms with Gasteiger partial charge in [0.15, 0.2) is 0 Å². The normalized spacial score (nSPS) is 11.1. The first-order valence-electron chi connectivity index (χ1n) is 4.60. The van der Waals surface area contributed by atoms with Gasteiger partial charge in [-0.15, -0.1) is 0 Å². The Labute approximate surface area is 79.7 Å². The van der Waals surface area contributed by atoms with Crippen LogP contribution in [0.4, 0.5) is 4.79 Å². The van der Waals surface area contributed by atoms with Crippen LogP contribution in [-0.2, 0) is 4.79 Å². The highest BCUT2D eigenvalue weighted by molar-refractivity contribution is 5.74. The van der Waals surface area contributed by atoms with E-state index < -0.39 is 0 Å². The quantitative estimate of drug-likeness (QED) is 0.614. The SMILES string of the molecule is CCN(C)C(=O)[N+]([C]=O)(CC)CC. The molecule has 0 N–H and O–H groups in total. The third kappa shape index (κ3) is 2.28. The van der Waals surface area contributed by atoms with Gasteiger partial charge in [0, 0.05) is 13.6 Å². The average molecular weight is 186 g/mol. The molecule has 0 aromatic rings. The molecule has 4 heteroatoms. The maximum atomic E-state index is 11.7. The van der Waals surface area contributed by atoms with Crippen LogP contribution in [0, 0.1) is 0 Å². The first kappa shape index (κ1) is 12.1. The molecule has 0 bridgehead atoms. The van der Waals surface area contributed by atoms with Crippen LogP contribution in [0.1, 0.15) is 20.8 Å². The third-order valence-corrected chi connectivity index (χ3v) is 2.42. The highest BCUT2D eigenvalue weighted by atomic mass is 16.2. The molecular formula is C9H18N2O2+. The summed E-state index contributed by atoms with van der Waals surface area (Å²) < 4.78 is -0.232. The minimum Gasteiger partial charge on any atom is -0.295 e. The zero-order valence-electron chi connectivity index (χ0n) is 8.83. The molecule has 0 spiro atoms. The third-order valence-electron chi connectivity index (χ3n) is 2.42. The lowest BCUT2D eigenvalue weighted by molar-refractivity contribution is -0.755. The van der Waals surface area contributed by atoms with Gasteiger partial charge in [-0.1, -0.05) is 0 Å². The Morgan fingerprint density at radius 1 is 1.31 bits per heavy atom.